The number of hydrogen-bond donors (Lipinski definition) is 0. The second-order valence-corrected chi connectivity index (χ2v) is 9.97. The first-order chi connectivity index (χ1) is 16.5. The molecule has 0 aromatic carbocycles. The number of rotatable bonds is 11. The zero-order valence-corrected chi connectivity index (χ0v) is 22.0. The molecule has 1 aliphatic rings. The van der Waals surface area contributed by atoms with Gasteiger partial charge in [0.15, 0.2) is 0 Å². The summed E-state index contributed by atoms with van der Waals surface area (Å²) in [4.78, 5) is 32.3. The third-order valence-corrected chi connectivity index (χ3v) is 6.66. The number of piperazine rings is 1. The fourth-order valence-electron chi connectivity index (χ4n) is 3.43. The molecular formula is C23H30BrN7O2S. The van der Waals surface area contributed by atoms with E-state index in [-0.39, 0.29) is 5.91 Å². The van der Waals surface area contributed by atoms with Gasteiger partial charge in [0, 0.05) is 32.6 Å². The number of fused-ring (bicyclic) bond motifs is 1. The molecule has 2 aromatic heterocycles. The highest BCUT2D eigenvalue weighted by atomic mass is 79.9. The Bertz CT molecular complexity index is 1060. The van der Waals surface area contributed by atoms with Crippen LogP contribution in [0.15, 0.2) is 63.1 Å². The molecule has 0 radical (unpaired) electrons. The molecule has 1 aliphatic heterocycles. The molecule has 3 heterocycles. The van der Waals surface area contributed by atoms with E-state index in [0.29, 0.717) is 44.8 Å². The molecule has 11 heteroatoms. The first-order valence-electron chi connectivity index (χ1n) is 11.2. The molecule has 34 heavy (non-hydrogen) atoms. The molecule has 0 N–H and O–H groups in total. The summed E-state index contributed by atoms with van der Waals surface area (Å²) < 4.78 is 1.04. The van der Waals surface area contributed by atoms with Gasteiger partial charge in [-0.1, -0.05) is 24.8 Å². The van der Waals surface area contributed by atoms with Crippen LogP contribution < -0.4 is 4.90 Å². The van der Waals surface area contributed by atoms with Gasteiger partial charge in [0.1, 0.15) is 17.0 Å². The standard InChI is InChI=1S/C23H30BrN7O2S/c1-4-6-10-31(28-27-18(3)8-5-2)33-15-7-9-21(32)29-11-13-30(14-12-29)22-19-16-20(24)34-23(19)26-17-25-22/h4-6,8,16-17H,3,7,9-15H2,1-2H3/b6-4-,8-5-,28-27?. The van der Waals surface area contributed by atoms with Crippen molar-refractivity contribution in [1.29, 1.82) is 0 Å². The number of hydrogen-bond acceptors (Lipinski definition) is 8. The van der Waals surface area contributed by atoms with Gasteiger partial charge in [-0.15, -0.1) is 21.6 Å². The Hall–Kier alpha value is -2.63. The number of allylic oxidation sites excluding steroid dienone is 3. The van der Waals surface area contributed by atoms with Crippen LogP contribution in [0.1, 0.15) is 26.7 Å². The van der Waals surface area contributed by atoms with Gasteiger partial charge in [-0.3, -0.25) is 9.63 Å². The van der Waals surface area contributed by atoms with E-state index in [0.717, 1.165) is 32.9 Å². The smallest absolute Gasteiger partial charge is 0.222 e. The number of carbonyl (C=O) groups is 1. The third-order valence-electron chi connectivity index (χ3n) is 5.11. The summed E-state index contributed by atoms with van der Waals surface area (Å²) in [5, 5.41) is 10.5. The molecule has 1 fully saturated rings. The van der Waals surface area contributed by atoms with Crippen molar-refractivity contribution >= 4 is 49.2 Å². The van der Waals surface area contributed by atoms with E-state index in [9.17, 15) is 4.79 Å². The average Bonchev–Trinajstić information content (AvgIpc) is 3.23. The zero-order chi connectivity index (χ0) is 24.3. The van der Waals surface area contributed by atoms with Crippen molar-refractivity contribution in [3.8, 4) is 0 Å². The normalized spacial score (nSPS) is 14.8. The second kappa shape index (κ2) is 13.3. The topological polar surface area (TPSA) is 86.5 Å². The minimum absolute atomic E-state index is 0.137. The van der Waals surface area contributed by atoms with E-state index in [1.807, 2.05) is 37.0 Å². The predicted molar refractivity (Wildman–Crippen MR) is 139 cm³/mol. The van der Waals surface area contributed by atoms with Crippen molar-refractivity contribution in [3.63, 3.8) is 0 Å². The van der Waals surface area contributed by atoms with E-state index in [4.69, 9.17) is 4.84 Å². The van der Waals surface area contributed by atoms with Gasteiger partial charge < -0.3 is 9.80 Å². The number of anilines is 1. The van der Waals surface area contributed by atoms with E-state index in [2.05, 4.69) is 53.8 Å². The maximum atomic E-state index is 12.7. The molecule has 1 saturated heterocycles. The van der Waals surface area contributed by atoms with Crippen molar-refractivity contribution in [2.75, 3.05) is 44.2 Å². The van der Waals surface area contributed by atoms with Gasteiger partial charge in [-0.05, 0) is 53.6 Å². The molecule has 0 aliphatic carbocycles. The molecule has 0 unspecified atom stereocenters. The van der Waals surface area contributed by atoms with Gasteiger partial charge in [0.05, 0.1) is 28.0 Å². The Morgan fingerprint density at radius 2 is 2.09 bits per heavy atom. The van der Waals surface area contributed by atoms with Crippen molar-refractivity contribution < 1.29 is 9.63 Å². The van der Waals surface area contributed by atoms with E-state index < -0.39 is 0 Å². The zero-order valence-electron chi connectivity index (χ0n) is 19.6. The van der Waals surface area contributed by atoms with Crippen molar-refractivity contribution in [2.45, 2.75) is 26.7 Å². The van der Waals surface area contributed by atoms with Crippen LogP contribution in [0.3, 0.4) is 0 Å². The van der Waals surface area contributed by atoms with Gasteiger partial charge >= 0.3 is 0 Å². The highest BCUT2D eigenvalue weighted by molar-refractivity contribution is 9.11. The summed E-state index contributed by atoms with van der Waals surface area (Å²) in [5.74, 6) is 1.07. The number of nitrogens with zero attached hydrogens (tertiary/aromatic N) is 7. The quantitative estimate of drug-likeness (QED) is 0.127. The van der Waals surface area contributed by atoms with Crippen molar-refractivity contribution in [3.05, 3.63) is 52.8 Å². The highest BCUT2D eigenvalue weighted by Gasteiger charge is 2.23. The number of hydroxylamine groups is 1. The lowest BCUT2D eigenvalue weighted by molar-refractivity contribution is -0.159. The Balaban J connectivity index is 1.43. The van der Waals surface area contributed by atoms with E-state index in [1.54, 1.807) is 23.7 Å². The van der Waals surface area contributed by atoms with E-state index in [1.165, 1.54) is 5.17 Å². The monoisotopic (exact) mass is 547 g/mol. The predicted octanol–water partition coefficient (Wildman–Crippen LogP) is 5.15. The van der Waals surface area contributed by atoms with Crippen LogP contribution in [-0.2, 0) is 9.63 Å². The average molecular weight is 549 g/mol. The molecule has 182 valence electrons. The summed E-state index contributed by atoms with van der Waals surface area (Å²) in [6, 6.07) is 2.06. The Labute approximate surface area is 212 Å². The number of aromatic nitrogens is 2. The maximum absolute atomic E-state index is 12.7. The highest BCUT2D eigenvalue weighted by Crippen LogP contribution is 2.33. The second-order valence-electron chi connectivity index (χ2n) is 7.56. The summed E-state index contributed by atoms with van der Waals surface area (Å²) in [6.45, 7) is 11.3. The van der Waals surface area contributed by atoms with Crippen molar-refractivity contribution in [2.24, 2.45) is 10.3 Å². The Morgan fingerprint density at radius 3 is 2.82 bits per heavy atom. The fraction of sp³-hybridized carbons (Fsp3) is 0.435. The van der Waals surface area contributed by atoms with Crippen LogP contribution in [0, 0.1) is 0 Å². The van der Waals surface area contributed by atoms with Crippen molar-refractivity contribution in [1.82, 2.24) is 20.0 Å². The summed E-state index contributed by atoms with van der Waals surface area (Å²) in [6.07, 6.45) is 10.1. The lowest BCUT2D eigenvalue weighted by Gasteiger charge is -2.35. The van der Waals surface area contributed by atoms with E-state index >= 15 is 0 Å². The first-order valence-corrected chi connectivity index (χ1v) is 12.8. The van der Waals surface area contributed by atoms with Gasteiger partial charge in [-0.2, -0.15) is 0 Å². The number of amides is 1. The van der Waals surface area contributed by atoms with Gasteiger partial charge in [0.25, 0.3) is 0 Å². The first kappa shape index (κ1) is 26.0. The van der Waals surface area contributed by atoms with Crippen LogP contribution >= 0.6 is 27.3 Å². The minimum Gasteiger partial charge on any atom is -0.352 e. The minimum atomic E-state index is 0.137. The maximum Gasteiger partial charge on any atom is 0.222 e. The lowest BCUT2D eigenvalue weighted by atomic mass is 10.2. The van der Waals surface area contributed by atoms with Crippen LogP contribution in [0.2, 0.25) is 0 Å². The molecule has 2 aromatic rings. The molecule has 1 amide bonds. The van der Waals surface area contributed by atoms with Gasteiger partial charge in [-0.25, -0.2) is 9.97 Å². The largest absolute Gasteiger partial charge is 0.352 e. The van der Waals surface area contributed by atoms with Crippen LogP contribution in [0.4, 0.5) is 5.82 Å². The van der Waals surface area contributed by atoms with Gasteiger partial charge in [0.2, 0.25) is 5.91 Å². The number of halogens is 1. The third kappa shape index (κ3) is 7.44. The molecule has 0 saturated carbocycles. The summed E-state index contributed by atoms with van der Waals surface area (Å²) >= 11 is 5.12. The fourth-order valence-corrected chi connectivity index (χ4v) is 4.84. The number of thiophene rings is 1. The summed E-state index contributed by atoms with van der Waals surface area (Å²) in [5.41, 5.74) is 0.542. The Morgan fingerprint density at radius 1 is 1.29 bits per heavy atom. The molecule has 0 spiro atoms. The van der Waals surface area contributed by atoms with Crippen LogP contribution in [0.25, 0.3) is 10.2 Å². The molecule has 0 atom stereocenters. The SMILES string of the molecule is C=C(/C=C\C)N=NN(C/C=C\C)OCCCC(=O)N1CCN(c2ncnc3sc(Br)cc23)CC1. The molecule has 0 bridgehead atoms. The van der Waals surface area contributed by atoms with Crippen LogP contribution in [-0.4, -0.2) is 65.3 Å². The Kier molecular flexibility index (Phi) is 10.2. The molecule has 9 nitrogen and oxygen atoms in total. The summed E-state index contributed by atoms with van der Waals surface area (Å²) in [7, 11) is 0. The molecular weight excluding hydrogens is 518 g/mol. The number of carbonyl (C=O) groups excluding carboxylic acids is 1. The van der Waals surface area contributed by atoms with Crippen LogP contribution in [0.5, 0.6) is 0 Å². The lowest BCUT2D eigenvalue weighted by Crippen LogP contribution is -2.49. The molecule has 3 rings (SSSR count).